The molecule has 1 aromatic rings. The highest BCUT2D eigenvalue weighted by Crippen LogP contribution is 2.16. The van der Waals surface area contributed by atoms with E-state index < -0.39 is 11.9 Å². The summed E-state index contributed by atoms with van der Waals surface area (Å²) in [7, 11) is 0. The van der Waals surface area contributed by atoms with Crippen molar-refractivity contribution in [2.24, 2.45) is 0 Å². The normalized spacial score (nSPS) is 18.8. The lowest BCUT2D eigenvalue weighted by molar-refractivity contribution is -0.124. The monoisotopic (exact) mass is 296 g/mol. The molecule has 6 nitrogen and oxygen atoms in total. The van der Waals surface area contributed by atoms with E-state index in [2.05, 4.69) is 20.6 Å². The number of halogens is 1. The van der Waals surface area contributed by atoms with Crippen LogP contribution in [0.1, 0.15) is 48.9 Å². The molecule has 1 aliphatic heterocycles. The first-order valence-corrected chi connectivity index (χ1v) is 6.98. The summed E-state index contributed by atoms with van der Waals surface area (Å²) in [6.07, 6.45) is 2.88. The van der Waals surface area contributed by atoms with Gasteiger partial charge < -0.3 is 10.6 Å². The summed E-state index contributed by atoms with van der Waals surface area (Å²) in [5.74, 6) is 0.0321. The zero-order valence-electron chi connectivity index (χ0n) is 11.4. The number of rotatable bonds is 3. The smallest absolute Gasteiger partial charge is 0.272 e. The van der Waals surface area contributed by atoms with Crippen molar-refractivity contribution in [3.8, 4) is 0 Å². The van der Waals surface area contributed by atoms with Crippen molar-refractivity contribution in [1.29, 1.82) is 0 Å². The molecule has 1 aliphatic rings. The molecule has 0 aliphatic carbocycles. The van der Waals surface area contributed by atoms with Gasteiger partial charge in [0.2, 0.25) is 5.91 Å². The molecule has 1 atom stereocenters. The van der Waals surface area contributed by atoms with Gasteiger partial charge in [0.25, 0.3) is 5.91 Å². The van der Waals surface area contributed by atoms with Crippen LogP contribution in [0.2, 0.25) is 5.02 Å². The van der Waals surface area contributed by atoms with E-state index in [1.165, 1.54) is 6.20 Å². The van der Waals surface area contributed by atoms with Gasteiger partial charge in [-0.05, 0) is 12.8 Å². The van der Waals surface area contributed by atoms with E-state index in [-0.39, 0.29) is 22.5 Å². The molecule has 1 unspecified atom stereocenters. The number of aromatic nitrogens is 2. The molecular formula is C13H17ClN4O2. The Hall–Kier alpha value is -1.69. The van der Waals surface area contributed by atoms with Crippen molar-refractivity contribution in [3.63, 3.8) is 0 Å². The van der Waals surface area contributed by atoms with Crippen LogP contribution < -0.4 is 10.6 Å². The van der Waals surface area contributed by atoms with Crippen molar-refractivity contribution in [1.82, 2.24) is 20.6 Å². The second-order valence-electron chi connectivity index (χ2n) is 5.04. The molecule has 1 aromatic heterocycles. The molecule has 2 rings (SSSR count). The van der Waals surface area contributed by atoms with Crippen molar-refractivity contribution in [2.45, 2.75) is 38.6 Å². The van der Waals surface area contributed by atoms with Crippen LogP contribution in [0, 0.1) is 0 Å². The lowest BCUT2D eigenvalue weighted by atomic mass is 10.1. The van der Waals surface area contributed by atoms with Gasteiger partial charge in [0.1, 0.15) is 17.6 Å². The van der Waals surface area contributed by atoms with Crippen molar-refractivity contribution in [2.75, 3.05) is 6.54 Å². The fourth-order valence-corrected chi connectivity index (χ4v) is 2.13. The van der Waals surface area contributed by atoms with Crippen molar-refractivity contribution < 1.29 is 9.59 Å². The lowest BCUT2D eigenvalue weighted by Crippen LogP contribution is -2.50. The average molecular weight is 297 g/mol. The summed E-state index contributed by atoms with van der Waals surface area (Å²) in [5.41, 5.74) is 0.115. The summed E-state index contributed by atoms with van der Waals surface area (Å²) < 4.78 is 0. The SMILES string of the molecule is CC(C)c1ncc(Cl)c(C(=O)NC2CCCNC2=O)n1. The molecule has 0 spiro atoms. The molecule has 2 amide bonds. The van der Waals surface area contributed by atoms with E-state index in [0.29, 0.717) is 18.8 Å². The third kappa shape index (κ3) is 3.25. The van der Waals surface area contributed by atoms with Gasteiger partial charge in [-0.25, -0.2) is 9.97 Å². The number of hydrogen-bond acceptors (Lipinski definition) is 4. The van der Waals surface area contributed by atoms with Crippen LogP contribution in [0.15, 0.2) is 6.20 Å². The largest absolute Gasteiger partial charge is 0.354 e. The third-order valence-electron chi connectivity index (χ3n) is 3.08. The molecule has 1 fully saturated rings. The standard InChI is InChI=1S/C13H17ClN4O2/c1-7(2)11-16-6-8(14)10(18-11)13(20)17-9-4-3-5-15-12(9)19/h6-7,9H,3-5H2,1-2H3,(H,15,19)(H,17,20). The molecule has 20 heavy (non-hydrogen) atoms. The maximum absolute atomic E-state index is 12.2. The number of carbonyl (C=O) groups excluding carboxylic acids is 2. The summed E-state index contributed by atoms with van der Waals surface area (Å²) in [6, 6.07) is -0.523. The molecule has 0 saturated carbocycles. The summed E-state index contributed by atoms with van der Waals surface area (Å²) in [4.78, 5) is 32.1. The van der Waals surface area contributed by atoms with Crippen LogP contribution in [0.5, 0.6) is 0 Å². The van der Waals surface area contributed by atoms with Gasteiger partial charge in [0, 0.05) is 12.5 Å². The maximum atomic E-state index is 12.2. The van der Waals surface area contributed by atoms with Crippen LogP contribution in [-0.4, -0.2) is 34.4 Å². The minimum atomic E-state index is -0.523. The third-order valence-corrected chi connectivity index (χ3v) is 3.36. The Morgan fingerprint density at radius 1 is 1.55 bits per heavy atom. The highest BCUT2D eigenvalue weighted by molar-refractivity contribution is 6.33. The first-order valence-electron chi connectivity index (χ1n) is 6.60. The predicted octanol–water partition coefficient (Wildman–Crippen LogP) is 1.26. The summed E-state index contributed by atoms with van der Waals surface area (Å²) >= 11 is 5.96. The molecular weight excluding hydrogens is 280 g/mol. The topological polar surface area (TPSA) is 84.0 Å². The Kier molecular flexibility index (Phi) is 4.54. The first kappa shape index (κ1) is 14.7. The molecule has 2 heterocycles. The van der Waals surface area contributed by atoms with E-state index in [1.807, 2.05) is 13.8 Å². The zero-order chi connectivity index (χ0) is 14.7. The van der Waals surface area contributed by atoms with Gasteiger partial charge in [-0.1, -0.05) is 25.4 Å². The van der Waals surface area contributed by atoms with E-state index in [1.54, 1.807) is 0 Å². The number of nitrogens with zero attached hydrogens (tertiary/aromatic N) is 2. The molecule has 7 heteroatoms. The average Bonchev–Trinajstić information content (AvgIpc) is 2.41. The predicted molar refractivity (Wildman–Crippen MR) is 74.6 cm³/mol. The molecule has 1 saturated heterocycles. The number of piperidine rings is 1. The Bertz CT molecular complexity index is 533. The highest BCUT2D eigenvalue weighted by atomic mass is 35.5. The Balaban J connectivity index is 2.16. The quantitative estimate of drug-likeness (QED) is 0.879. The van der Waals surface area contributed by atoms with E-state index in [0.717, 1.165) is 6.42 Å². The van der Waals surface area contributed by atoms with E-state index in [4.69, 9.17) is 11.6 Å². The van der Waals surface area contributed by atoms with Crippen LogP contribution >= 0.6 is 11.6 Å². The van der Waals surface area contributed by atoms with Crippen molar-refractivity contribution in [3.05, 3.63) is 22.7 Å². The lowest BCUT2D eigenvalue weighted by Gasteiger charge is -2.22. The summed E-state index contributed by atoms with van der Waals surface area (Å²) in [5, 5.41) is 5.56. The van der Waals surface area contributed by atoms with Crippen LogP contribution in [0.3, 0.4) is 0 Å². The van der Waals surface area contributed by atoms with Crippen LogP contribution in [-0.2, 0) is 4.79 Å². The van der Waals surface area contributed by atoms with Crippen LogP contribution in [0.4, 0.5) is 0 Å². The fourth-order valence-electron chi connectivity index (χ4n) is 1.95. The maximum Gasteiger partial charge on any atom is 0.272 e. The number of hydrogen-bond donors (Lipinski definition) is 2. The summed E-state index contributed by atoms with van der Waals surface area (Å²) in [6.45, 7) is 4.51. The van der Waals surface area contributed by atoms with Gasteiger partial charge in [0.15, 0.2) is 0 Å². The second-order valence-corrected chi connectivity index (χ2v) is 5.45. The minimum Gasteiger partial charge on any atom is -0.354 e. The Morgan fingerprint density at radius 3 is 2.95 bits per heavy atom. The van der Waals surface area contributed by atoms with E-state index in [9.17, 15) is 9.59 Å². The Labute approximate surface area is 122 Å². The zero-order valence-corrected chi connectivity index (χ0v) is 12.2. The molecule has 0 radical (unpaired) electrons. The van der Waals surface area contributed by atoms with Crippen molar-refractivity contribution >= 4 is 23.4 Å². The Morgan fingerprint density at radius 2 is 2.30 bits per heavy atom. The number of carbonyl (C=O) groups is 2. The van der Waals surface area contributed by atoms with Gasteiger partial charge in [0.05, 0.1) is 11.2 Å². The second kappa shape index (κ2) is 6.17. The van der Waals surface area contributed by atoms with E-state index >= 15 is 0 Å². The molecule has 2 N–H and O–H groups in total. The highest BCUT2D eigenvalue weighted by Gasteiger charge is 2.25. The molecule has 108 valence electrons. The molecule has 0 aromatic carbocycles. The van der Waals surface area contributed by atoms with Crippen LogP contribution in [0.25, 0.3) is 0 Å². The number of amides is 2. The first-order chi connectivity index (χ1) is 9.49. The van der Waals surface area contributed by atoms with Gasteiger partial charge in [-0.15, -0.1) is 0 Å². The molecule has 0 bridgehead atoms. The number of nitrogens with one attached hydrogen (secondary N) is 2. The minimum absolute atomic E-state index is 0.0943. The van der Waals surface area contributed by atoms with Gasteiger partial charge >= 0.3 is 0 Å². The van der Waals surface area contributed by atoms with Gasteiger partial charge in [-0.3, -0.25) is 9.59 Å². The van der Waals surface area contributed by atoms with Gasteiger partial charge in [-0.2, -0.15) is 0 Å². The fraction of sp³-hybridized carbons (Fsp3) is 0.538.